The summed E-state index contributed by atoms with van der Waals surface area (Å²) in [7, 11) is 3.25. The van der Waals surface area contributed by atoms with Gasteiger partial charge in [-0.25, -0.2) is 10.2 Å². The molecular formula is C24H33N5O3. The number of fused-ring (bicyclic) bond motifs is 1. The van der Waals surface area contributed by atoms with Gasteiger partial charge >= 0.3 is 6.03 Å². The Kier molecular flexibility index (Phi) is 7.12. The van der Waals surface area contributed by atoms with Gasteiger partial charge in [0.1, 0.15) is 5.75 Å². The summed E-state index contributed by atoms with van der Waals surface area (Å²) in [6.07, 6.45) is 3.10. The summed E-state index contributed by atoms with van der Waals surface area (Å²) in [6, 6.07) is 12.5. The minimum atomic E-state index is -0.261. The van der Waals surface area contributed by atoms with Gasteiger partial charge in [-0.3, -0.25) is 19.6 Å². The average Bonchev–Trinajstić information content (AvgIpc) is 2.83. The van der Waals surface area contributed by atoms with E-state index in [0.717, 1.165) is 57.7 Å². The Balaban J connectivity index is 1.20. The van der Waals surface area contributed by atoms with Crippen molar-refractivity contribution < 1.29 is 14.3 Å². The molecule has 4 rings (SSSR count). The second-order valence-corrected chi connectivity index (χ2v) is 8.48. The van der Waals surface area contributed by atoms with Crippen molar-refractivity contribution in [3.8, 4) is 5.75 Å². The van der Waals surface area contributed by atoms with Gasteiger partial charge in [0.25, 0.3) is 0 Å². The fourth-order valence-electron chi connectivity index (χ4n) is 4.44. The van der Waals surface area contributed by atoms with Crippen molar-refractivity contribution in [1.29, 1.82) is 0 Å². The number of methoxy groups -OCH3 is 1. The lowest BCUT2D eigenvalue weighted by molar-refractivity contribution is -0.130. The zero-order valence-corrected chi connectivity index (χ0v) is 19.0. The van der Waals surface area contributed by atoms with E-state index in [2.05, 4.69) is 45.6 Å². The molecule has 2 saturated heterocycles. The molecule has 0 aromatic heterocycles. The summed E-state index contributed by atoms with van der Waals surface area (Å²) in [4.78, 5) is 29.8. The van der Waals surface area contributed by atoms with E-state index in [9.17, 15) is 9.59 Å². The highest BCUT2D eigenvalue weighted by molar-refractivity contribution is 5.97. The number of anilines is 1. The fourth-order valence-corrected chi connectivity index (χ4v) is 4.44. The summed E-state index contributed by atoms with van der Waals surface area (Å²) < 4.78 is 5.43. The van der Waals surface area contributed by atoms with E-state index >= 15 is 0 Å². The smallest absolute Gasteiger partial charge is 0.340 e. The predicted octanol–water partition coefficient (Wildman–Crippen LogP) is 2.54. The molecule has 0 atom stereocenters. The Morgan fingerprint density at radius 3 is 2.53 bits per heavy atom. The van der Waals surface area contributed by atoms with Crippen LogP contribution in [-0.2, 0) is 4.79 Å². The maximum Gasteiger partial charge on any atom is 0.340 e. The zero-order valence-electron chi connectivity index (χ0n) is 19.0. The van der Waals surface area contributed by atoms with E-state index in [0.29, 0.717) is 6.54 Å². The number of urea groups is 1. The van der Waals surface area contributed by atoms with Crippen LogP contribution in [0.15, 0.2) is 36.4 Å². The van der Waals surface area contributed by atoms with Crippen molar-refractivity contribution in [2.24, 2.45) is 0 Å². The van der Waals surface area contributed by atoms with Crippen LogP contribution < -0.4 is 15.1 Å². The number of benzene rings is 2. The number of carbonyl (C=O) groups is 2. The van der Waals surface area contributed by atoms with Gasteiger partial charge in [0.15, 0.2) is 0 Å². The van der Waals surface area contributed by atoms with Crippen LogP contribution in [0.3, 0.4) is 0 Å². The SMILES string of the molecule is COc1ccc2cccc(N3CCN(CCCCCN4NCC(=O)N(C)C4=O)CC3)c2c1. The van der Waals surface area contributed by atoms with Gasteiger partial charge in [0.2, 0.25) is 5.91 Å². The van der Waals surface area contributed by atoms with Gasteiger partial charge in [0.05, 0.1) is 13.7 Å². The molecule has 8 nitrogen and oxygen atoms in total. The van der Waals surface area contributed by atoms with E-state index in [1.807, 2.05) is 6.07 Å². The van der Waals surface area contributed by atoms with Crippen LogP contribution in [0.1, 0.15) is 19.3 Å². The van der Waals surface area contributed by atoms with Gasteiger partial charge in [-0.15, -0.1) is 0 Å². The summed E-state index contributed by atoms with van der Waals surface area (Å²) >= 11 is 0. The number of likely N-dealkylation sites (N-methyl/N-ethyl adjacent to an activating group) is 1. The number of amides is 3. The third kappa shape index (κ3) is 4.97. The normalized spacial score (nSPS) is 18.0. The second-order valence-electron chi connectivity index (χ2n) is 8.48. The topological polar surface area (TPSA) is 68.4 Å². The lowest BCUT2D eigenvalue weighted by Crippen LogP contribution is -2.59. The molecule has 0 aliphatic carbocycles. The van der Waals surface area contributed by atoms with Crippen molar-refractivity contribution in [3.05, 3.63) is 36.4 Å². The first-order valence-electron chi connectivity index (χ1n) is 11.4. The molecule has 0 saturated carbocycles. The van der Waals surface area contributed by atoms with Crippen LogP contribution in [0.25, 0.3) is 10.8 Å². The number of hydrogen-bond donors (Lipinski definition) is 1. The van der Waals surface area contributed by atoms with Gasteiger partial charge in [0, 0.05) is 50.8 Å². The molecular weight excluding hydrogens is 406 g/mol. The maximum atomic E-state index is 12.1. The molecule has 2 aliphatic heterocycles. The van der Waals surface area contributed by atoms with Crippen molar-refractivity contribution >= 4 is 28.4 Å². The lowest BCUT2D eigenvalue weighted by Gasteiger charge is -2.36. The van der Waals surface area contributed by atoms with Crippen LogP contribution in [0, 0.1) is 0 Å². The van der Waals surface area contributed by atoms with E-state index in [1.165, 1.54) is 28.4 Å². The number of nitrogens with one attached hydrogen (secondary N) is 1. The van der Waals surface area contributed by atoms with E-state index in [4.69, 9.17) is 4.74 Å². The molecule has 0 unspecified atom stereocenters. The monoisotopic (exact) mass is 439 g/mol. The number of hydrogen-bond acceptors (Lipinski definition) is 6. The highest BCUT2D eigenvalue weighted by Crippen LogP contribution is 2.30. The molecule has 2 heterocycles. The minimum Gasteiger partial charge on any atom is -0.497 e. The van der Waals surface area contributed by atoms with E-state index in [-0.39, 0.29) is 18.5 Å². The van der Waals surface area contributed by atoms with E-state index in [1.54, 1.807) is 12.1 Å². The summed E-state index contributed by atoms with van der Waals surface area (Å²) in [5.74, 6) is 0.705. The standard InChI is InChI=1S/C24H33N5O3/c1-26-23(30)18-25-29(24(26)31)12-5-3-4-11-27-13-15-28(16-14-27)22-8-6-7-19-9-10-20(32-2)17-21(19)22/h6-10,17,25H,3-5,11-16,18H2,1-2H3. The highest BCUT2D eigenvalue weighted by atomic mass is 16.5. The Morgan fingerprint density at radius 2 is 1.75 bits per heavy atom. The van der Waals surface area contributed by atoms with Gasteiger partial charge in [-0.1, -0.05) is 24.6 Å². The molecule has 0 bridgehead atoms. The number of imide groups is 1. The summed E-state index contributed by atoms with van der Waals surface area (Å²) in [5, 5.41) is 4.04. The van der Waals surface area contributed by atoms with Crippen LogP contribution in [0.4, 0.5) is 10.5 Å². The molecule has 2 aliphatic rings. The van der Waals surface area contributed by atoms with Crippen LogP contribution >= 0.6 is 0 Å². The Labute approximate surface area is 189 Å². The predicted molar refractivity (Wildman–Crippen MR) is 126 cm³/mol. The average molecular weight is 440 g/mol. The summed E-state index contributed by atoms with van der Waals surface area (Å²) in [5.41, 5.74) is 4.18. The van der Waals surface area contributed by atoms with Gasteiger partial charge in [-0.05, 0) is 43.0 Å². The zero-order chi connectivity index (χ0) is 22.5. The molecule has 8 heteroatoms. The Bertz CT molecular complexity index is 958. The second kappa shape index (κ2) is 10.2. The first-order chi connectivity index (χ1) is 15.6. The van der Waals surface area contributed by atoms with Crippen LogP contribution in [0.2, 0.25) is 0 Å². The van der Waals surface area contributed by atoms with Crippen molar-refractivity contribution in [2.45, 2.75) is 19.3 Å². The van der Waals surface area contributed by atoms with Crippen molar-refractivity contribution in [2.75, 3.05) is 64.9 Å². The highest BCUT2D eigenvalue weighted by Gasteiger charge is 2.28. The fraction of sp³-hybridized carbons (Fsp3) is 0.500. The van der Waals surface area contributed by atoms with Crippen LogP contribution in [-0.4, -0.2) is 86.7 Å². The number of piperazine rings is 1. The molecule has 32 heavy (non-hydrogen) atoms. The largest absolute Gasteiger partial charge is 0.497 e. The minimum absolute atomic E-state index is 0.187. The molecule has 172 valence electrons. The first kappa shape index (κ1) is 22.4. The Morgan fingerprint density at radius 1 is 0.969 bits per heavy atom. The quantitative estimate of drug-likeness (QED) is 0.638. The van der Waals surface area contributed by atoms with Crippen molar-refractivity contribution in [3.63, 3.8) is 0 Å². The third-order valence-electron chi connectivity index (χ3n) is 6.45. The Hall–Kier alpha value is -2.84. The number of nitrogens with zero attached hydrogens (tertiary/aromatic N) is 4. The molecule has 3 amide bonds. The number of carbonyl (C=O) groups excluding carboxylic acids is 2. The molecule has 1 N–H and O–H groups in total. The first-order valence-corrected chi connectivity index (χ1v) is 11.4. The van der Waals surface area contributed by atoms with E-state index < -0.39 is 0 Å². The van der Waals surface area contributed by atoms with Gasteiger partial charge < -0.3 is 9.64 Å². The molecule has 2 aromatic carbocycles. The molecule has 2 fully saturated rings. The third-order valence-corrected chi connectivity index (χ3v) is 6.45. The number of unbranched alkanes of at least 4 members (excludes halogenated alkanes) is 2. The molecule has 0 radical (unpaired) electrons. The van der Waals surface area contributed by atoms with Crippen LogP contribution in [0.5, 0.6) is 5.75 Å². The number of rotatable bonds is 8. The number of ether oxygens (including phenoxy) is 1. The van der Waals surface area contributed by atoms with Crippen molar-refractivity contribution in [1.82, 2.24) is 20.2 Å². The maximum absolute atomic E-state index is 12.1. The number of hydrazine groups is 1. The molecule has 2 aromatic rings. The lowest BCUT2D eigenvalue weighted by atomic mass is 10.1. The molecule has 0 spiro atoms. The van der Waals surface area contributed by atoms with Gasteiger partial charge in [-0.2, -0.15) is 0 Å². The summed E-state index contributed by atoms with van der Waals surface area (Å²) in [6.45, 7) is 6.05.